The van der Waals surface area contributed by atoms with Crippen molar-refractivity contribution in [1.29, 1.82) is 0 Å². The van der Waals surface area contributed by atoms with Crippen LogP contribution in [0.25, 0.3) is 10.9 Å². The van der Waals surface area contributed by atoms with Gasteiger partial charge in [0.1, 0.15) is 0 Å². The number of aromatic nitrogens is 1. The monoisotopic (exact) mass is 322 g/mol. The number of sulfonamides is 1. The third kappa shape index (κ3) is 3.29. The zero-order valence-corrected chi connectivity index (χ0v) is 13.9. The van der Waals surface area contributed by atoms with Crippen LogP contribution in [0.3, 0.4) is 0 Å². The summed E-state index contributed by atoms with van der Waals surface area (Å²) >= 11 is 0. The van der Waals surface area contributed by atoms with Crippen LogP contribution in [0.4, 0.5) is 0 Å². The maximum absolute atomic E-state index is 12.6. The number of aliphatic hydroxyl groups is 1. The molecule has 0 bridgehead atoms. The van der Waals surface area contributed by atoms with E-state index in [0.29, 0.717) is 23.7 Å². The predicted molar refractivity (Wildman–Crippen MR) is 87.2 cm³/mol. The van der Waals surface area contributed by atoms with Gasteiger partial charge in [-0.15, -0.1) is 0 Å². The standard InChI is InChI=1S/C16H22N2O3S/c1-4-16(19,5-2)11-18-22(20,21)14-9-8-12(3)15-13(14)7-6-10-17-15/h6-10,18-19H,4-5,11H2,1-3H3. The van der Waals surface area contributed by atoms with Crippen molar-refractivity contribution in [3.8, 4) is 0 Å². The van der Waals surface area contributed by atoms with Gasteiger partial charge in [0.15, 0.2) is 0 Å². The molecule has 0 saturated heterocycles. The molecule has 0 aliphatic rings. The third-order valence-corrected chi connectivity index (χ3v) is 5.59. The Morgan fingerprint density at radius 3 is 2.55 bits per heavy atom. The lowest BCUT2D eigenvalue weighted by Crippen LogP contribution is -2.42. The van der Waals surface area contributed by atoms with Crippen LogP contribution in [0.2, 0.25) is 0 Å². The molecule has 22 heavy (non-hydrogen) atoms. The van der Waals surface area contributed by atoms with Gasteiger partial charge in [0.2, 0.25) is 10.0 Å². The predicted octanol–water partition coefficient (Wildman–Crippen LogP) is 2.37. The molecule has 1 heterocycles. The number of nitrogens with zero attached hydrogens (tertiary/aromatic N) is 1. The van der Waals surface area contributed by atoms with E-state index in [4.69, 9.17) is 0 Å². The Labute approximate surface area is 131 Å². The van der Waals surface area contributed by atoms with Gasteiger partial charge in [-0.3, -0.25) is 4.98 Å². The van der Waals surface area contributed by atoms with Gasteiger partial charge in [-0.1, -0.05) is 19.9 Å². The average molecular weight is 322 g/mol. The molecule has 0 aliphatic heterocycles. The van der Waals surface area contributed by atoms with Crippen LogP contribution in [0.15, 0.2) is 35.4 Å². The maximum Gasteiger partial charge on any atom is 0.241 e. The largest absolute Gasteiger partial charge is 0.389 e. The number of fused-ring (bicyclic) bond motifs is 1. The zero-order valence-electron chi connectivity index (χ0n) is 13.1. The third-order valence-electron chi connectivity index (χ3n) is 4.13. The highest BCUT2D eigenvalue weighted by Gasteiger charge is 2.26. The molecule has 120 valence electrons. The Hall–Kier alpha value is -1.50. The number of nitrogens with one attached hydrogen (secondary N) is 1. The Morgan fingerprint density at radius 2 is 1.91 bits per heavy atom. The molecule has 0 atom stereocenters. The van der Waals surface area contributed by atoms with Crippen LogP contribution >= 0.6 is 0 Å². The lowest BCUT2D eigenvalue weighted by Gasteiger charge is -2.25. The van der Waals surface area contributed by atoms with Crippen molar-refractivity contribution in [2.45, 2.75) is 44.1 Å². The summed E-state index contributed by atoms with van der Waals surface area (Å²) in [6.45, 7) is 5.57. The molecular formula is C16H22N2O3S. The molecule has 2 rings (SSSR count). The molecule has 6 heteroatoms. The van der Waals surface area contributed by atoms with Gasteiger partial charge >= 0.3 is 0 Å². The van der Waals surface area contributed by atoms with Crippen molar-refractivity contribution in [2.24, 2.45) is 0 Å². The molecule has 0 spiro atoms. The topological polar surface area (TPSA) is 79.3 Å². The van der Waals surface area contributed by atoms with Crippen molar-refractivity contribution in [3.63, 3.8) is 0 Å². The van der Waals surface area contributed by atoms with Crippen molar-refractivity contribution in [1.82, 2.24) is 9.71 Å². The first kappa shape index (κ1) is 16.9. The molecule has 0 radical (unpaired) electrons. The van der Waals surface area contributed by atoms with E-state index < -0.39 is 15.6 Å². The molecule has 0 fully saturated rings. The van der Waals surface area contributed by atoms with Gasteiger partial charge in [0, 0.05) is 18.1 Å². The lowest BCUT2D eigenvalue weighted by atomic mass is 9.98. The van der Waals surface area contributed by atoms with Crippen LogP contribution in [-0.4, -0.2) is 30.7 Å². The van der Waals surface area contributed by atoms with Gasteiger partial charge < -0.3 is 5.11 Å². The molecule has 5 nitrogen and oxygen atoms in total. The van der Waals surface area contributed by atoms with E-state index in [9.17, 15) is 13.5 Å². The number of rotatable bonds is 6. The molecular weight excluding hydrogens is 300 g/mol. The first-order valence-corrected chi connectivity index (χ1v) is 8.87. The molecule has 0 amide bonds. The number of benzene rings is 1. The molecule has 0 saturated carbocycles. The van der Waals surface area contributed by atoms with E-state index >= 15 is 0 Å². The summed E-state index contributed by atoms with van der Waals surface area (Å²) in [6, 6.07) is 6.79. The van der Waals surface area contributed by atoms with E-state index in [0.717, 1.165) is 5.56 Å². The fourth-order valence-corrected chi connectivity index (χ4v) is 3.64. The second-order valence-corrected chi connectivity index (χ2v) is 7.27. The van der Waals surface area contributed by atoms with Crippen LogP contribution in [-0.2, 0) is 10.0 Å². The second-order valence-electron chi connectivity index (χ2n) is 5.54. The quantitative estimate of drug-likeness (QED) is 0.856. The van der Waals surface area contributed by atoms with Gasteiger partial charge in [-0.05, 0) is 43.5 Å². The van der Waals surface area contributed by atoms with Crippen molar-refractivity contribution in [2.75, 3.05) is 6.54 Å². The Balaban J connectivity index is 2.41. The summed E-state index contributed by atoms with van der Waals surface area (Å²) in [5.74, 6) is 0. The summed E-state index contributed by atoms with van der Waals surface area (Å²) < 4.78 is 27.7. The fourth-order valence-electron chi connectivity index (χ4n) is 2.33. The highest BCUT2D eigenvalue weighted by Crippen LogP contribution is 2.24. The fraction of sp³-hybridized carbons (Fsp3) is 0.438. The molecule has 2 aromatic rings. The Kier molecular flexibility index (Phi) is 4.84. The normalized spacial score (nSPS) is 12.7. The lowest BCUT2D eigenvalue weighted by molar-refractivity contribution is 0.0377. The van der Waals surface area contributed by atoms with Crippen molar-refractivity contribution >= 4 is 20.9 Å². The van der Waals surface area contributed by atoms with E-state index in [1.54, 1.807) is 30.5 Å². The molecule has 0 aliphatic carbocycles. The van der Waals surface area contributed by atoms with Crippen LogP contribution in [0.5, 0.6) is 0 Å². The Morgan fingerprint density at radius 1 is 1.23 bits per heavy atom. The Bertz CT molecular complexity index is 768. The summed E-state index contributed by atoms with van der Waals surface area (Å²) in [5, 5.41) is 10.8. The van der Waals surface area contributed by atoms with Crippen LogP contribution < -0.4 is 4.72 Å². The molecule has 1 aromatic heterocycles. The van der Waals surface area contributed by atoms with E-state index in [1.807, 2.05) is 20.8 Å². The van der Waals surface area contributed by atoms with Crippen molar-refractivity contribution < 1.29 is 13.5 Å². The second kappa shape index (κ2) is 6.32. The minimum Gasteiger partial charge on any atom is -0.389 e. The first-order valence-electron chi connectivity index (χ1n) is 7.39. The van der Waals surface area contributed by atoms with Gasteiger partial charge in [-0.25, -0.2) is 13.1 Å². The first-order chi connectivity index (χ1) is 10.3. The van der Waals surface area contributed by atoms with Crippen LogP contribution in [0.1, 0.15) is 32.3 Å². The van der Waals surface area contributed by atoms with Gasteiger partial charge in [0.25, 0.3) is 0 Å². The SMILES string of the molecule is CCC(O)(CC)CNS(=O)(=O)c1ccc(C)c2ncccc12. The number of hydrogen-bond acceptors (Lipinski definition) is 4. The smallest absolute Gasteiger partial charge is 0.241 e. The summed E-state index contributed by atoms with van der Waals surface area (Å²) in [5.41, 5.74) is 0.575. The number of hydrogen-bond donors (Lipinski definition) is 2. The van der Waals surface area contributed by atoms with Gasteiger partial charge in [0.05, 0.1) is 16.0 Å². The maximum atomic E-state index is 12.6. The number of aryl methyl sites for hydroxylation is 1. The summed E-state index contributed by atoms with van der Waals surface area (Å²) in [4.78, 5) is 4.45. The highest BCUT2D eigenvalue weighted by atomic mass is 32.2. The highest BCUT2D eigenvalue weighted by molar-refractivity contribution is 7.89. The molecule has 0 unspecified atom stereocenters. The minimum absolute atomic E-state index is 0.00202. The average Bonchev–Trinajstić information content (AvgIpc) is 2.53. The zero-order chi connectivity index (χ0) is 16.4. The van der Waals surface area contributed by atoms with E-state index in [1.165, 1.54) is 0 Å². The van der Waals surface area contributed by atoms with Gasteiger partial charge in [-0.2, -0.15) is 0 Å². The molecule has 2 N–H and O–H groups in total. The molecule has 1 aromatic carbocycles. The van der Waals surface area contributed by atoms with E-state index in [2.05, 4.69) is 9.71 Å². The van der Waals surface area contributed by atoms with Crippen LogP contribution in [0, 0.1) is 6.92 Å². The summed E-state index contributed by atoms with van der Waals surface area (Å²) in [7, 11) is -3.71. The van der Waals surface area contributed by atoms with Crippen molar-refractivity contribution in [3.05, 3.63) is 36.0 Å². The summed E-state index contributed by atoms with van der Waals surface area (Å²) in [6.07, 6.45) is 2.62. The minimum atomic E-state index is -3.71. The van der Waals surface area contributed by atoms with E-state index in [-0.39, 0.29) is 11.4 Å². The number of pyridine rings is 1.